The molecule has 1 saturated heterocycles. The van der Waals surface area contributed by atoms with Gasteiger partial charge in [-0.05, 0) is 38.9 Å². The Morgan fingerprint density at radius 2 is 2.36 bits per heavy atom. The molecule has 1 atom stereocenters. The van der Waals surface area contributed by atoms with Gasteiger partial charge in [-0.15, -0.1) is 0 Å². The van der Waals surface area contributed by atoms with Crippen LogP contribution < -0.4 is 0 Å². The van der Waals surface area contributed by atoms with Crippen molar-refractivity contribution in [1.82, 2.24) is 0 Å². The zero-order valence-corrected chi connectivity index (χ0v) is 7.78. The topological polar surface area (TPSA) is 21.6 Å². The molecular weight excluding hydrogens is 158 g/mol. The van der Waals surface area contributed by atoms with Crippen molar-refractivity contribution in [3.8, 4) is 0 Å². The second-order valence-electron chi connectivity index (χ2n) is 3.48. The van der Waals surface area contributed by atoms with Crippen LogP contribution in [0.2, 0.25) is 0 Å². The Morgan fingerprint density at radius 3 is 2.91 bits per heavy atom. The van der Waals surface area contributed by atoms with E-state index < -0.39 is 0 Å². The van der Waals surface area contributed by atoms with Gasteiger partial charge in [0.25, 0.3) is 0 Å². The van der Waals surface area contributed by atoms with E-state index >= 15 is 0 Å². The molecular formula is C8H13NOS. The van der Waals surface area contributed by atoms with Crippen molar-refractivity contribution in [1.29, 1.82) is 0 Å². The molecule has 0 aliphatic carbocycles. The van der Waals surface area contributed by atoms with Crippen molar-refractivity contribution in [2.75, 3.05) is 6.61 Å². The fourth-order valence-electron chi connectivity index (χ4n) is 1.38. The number of rotatable bonds is 1. The molecule has 1 rings (SSSR count). The minimum absolute atomic E-state index is 0.0292. The largest absolute Gasteiger partial charge is 0.375 e. The molecule has 0 spiro atoms. The van der Waals surface area contributed by atoms with E-state index in [0.717, 1.165) is 19.4 Å². The molecule has 0 saturated carbocycles. The lowest BCUT2D eigenvalue weighted by Crippen LogP contribution is -2.35. The Labute approximate surface area is 72.7 Å². The fraction of sp³-hybridized carbons (Fsp3) is 0.875. The van der Waals surface area contributed by atoms with Crippen LogP contribution in [0.5, 0.6) is 0 Å². The summed E-state index contributed by atoms with van der Waals surface area (Å²) in [6, 6.07) is 0.330. The van der Waals surface area contributed by atoms with Gasteiger partial charge in [-0.25, -0.2) is 4.99 Å². The van der Waals surface area contributed by atoms with Gasteiger partial charge in [-0.1, -0.05) is 0 Å². The first-order valence-electron chi connectivity index (χ1n) is 3.85. The number of aliphatic imine (C=N–C) groups is 1. The summed E-state index contributed by atoms with van der Waals surface area (Å²) in [5.74, 6) is 0. The molecule has 0 bridgehead atoms. The summed E-state index contributed by atoms with van der Waals surface area (Å²) in [4.78, 5) is 4.06. The minimum Gasteiger partial charge on any atom is -0.375 e. The van der Waals surface area contributed by atoms with Crippen LogP contribution >= 0.6 is 12.2 Å². The van der Waals surface area contributed by atoms with Crippen molar-refractivity contribution in [2.45, 2.75) is 38.3 Å². The molecule has 62 valence electrons. The van der Waals surface area contributed by atoms with Crippen LogP contribution in [0, 0.1) is 0 Å². The first kappa shape index (κ1) is 8.85. The van der Waals surface area contributed by atoms with Crippen molar-refractivity contribution in [2.24, 2.45) is 4.99 Å². The summed E-state index contributed by atoms with van der Waals surface area (Å²) in [7, 11) is 0. The summed E-state index contributed by atoms with van der Waals surface area (Å²) in [5.41, 5.74) is -0.0292. The molecule has 1 aliphatic heterocycles. The first-order chi connectivity index (χ1) is 5.14. The Hall–Kier alpha value is -0.240. The van der Waals surface area contributed by atoms with E-state index in [1.807, 2.05) is 0 Å². The number of nitrogens with zero attached hydrogens (tertiary/aromatic N) is 1. The summed E-state index contributed by atoms with van der Waals surface area (Å²) in [6.07, 6.45) is 1.93. The lowest BCUT2D eigenvalue weighted by atomic mass is 9.94. The molecule has 1 aliphatic rings. The first-order valence-corrected chi connectivity index (χ1v) is 4.26. The van der Waals surface area contributed by atoms with Gasteiger partial charge < -0.3 is 4.74 Å². The van der Waals surface area contributed by atoms with Crippen LogP contribution in [0.3, 0.4) is 0 Å². The molecule has 2 nitrogen and oxygen atoms in total. The predicted octanol–water partition coefficient (Wildman–Crippen LogP) is 2.05. The third kappa shape index (κ3) is 2.70. The molecule has 11 heavy (non-hydrogen) atoms. The van der Waals surface area contributed by atoms with E-state index in [4.69, 9.17) is 4.74 Å². The van der Waals surface area contributed by atoms with Crippen LogP contribution in [0.1, 0.15) is 26.7 Å². The monoisotopic (exact) mass is 171 g/mol. The SMILES string of the molecule is CC1(C)C[C@H](N=C=S)CCO1. The summed E-state index contributed by atoms with van der Waals surface area (Å²) < 4.78 is 5.52. The van der Waals surface area contributed by atoms with Gasteiger partial charge in [0.2, 0.25) is 0 Å². The molecule has 0 unspecified atom stereocenters. The van der Waals surface area contributed by atoms with Gasteiger partial charge in [0.15, 0.2) is 0 Å². The van der Waals surface area contributed by atoms with Gasteiger partial charge in [-0.3, -0.25) is 0 Å². The molecule has 0 aromatic carbocycles. The molecule has 1 fully saturated rings. The van der Waals surface area contributed by atoms with E-state index in [9.17, 15) is 0 Å². The van der Waals surface area contributed by atoms with E-state index in [0.29, 0.717) is 6.04 Å². The van der Waals surface area contributed by atoms with Crippen LogP contribution in [0.4, 0.5) is 0 Å². The van der Waals surface area contributed by atoms with Gasteiger partial charge in [-0.2, -0.15) is 0 Å². The Bertz CT molecular complexity index is 185. The highest BCUT2D eigenvalue weighted by Gasteiger charge is 2.28. The smallest absolute Gasteiger partial charge is 0.0651 e. The zero-order valence-electron chi connectivity index (χ0n) is 6.96. The second kappa shape index (κ2) is 3.44. The standard InChI is InChI=1S/C8H13NOS/c1-8(2)5-7(9-6-11)3-4-10-8/h7H,3-5H2,1-2H3/t7-/m1/s1. The number of ether oxygens (including phenoxy) is 1. The summed E-state index contributed by atoms with van der Waals surface area (Å²) in [5, 5.41) is 2.43. The van der Waals surface area contributed by atoms with E-state index in [2.05, 4.69) is 36.2 Å². The van der Waals surface area contributed by atoms with Gasteiger partial charge in [0, 0.05) is 6.61 Å². The maximum absolute atomic E-state index is 5.52. The average molecular weight is 171 g/mol. The third-order valence-corrected chi connectivity index (χ3v) is 2.01. The lowest BCUT2D eigenvalue weighted by Gasteiger charge is -2.33. The highest BCUT2D eigenvalue weighted by atomic mass is 32.1. The fourth-order valence-corrected chi connectivity index (χ4v) is 1.53. The number of thiocarbonyl (C=S) groups is 1. The minimum atomic E-state index is -0.0292. The van der Waals surface area contributed by atoms with Gasteiger partial charge >= 0.3 is 0 Å². The second-order valence-corrected chi connectivity index (χ2v) is 3.66. The third-order valence-electron chi connectivity index (χ3n) is 1.91. The maximum atomic E-state index is 5.52. The predicted molar refractivity (Wildman–Crippen MR) is 48.1 cm³/mol. The summed E-state index contributed by atoms with van der Waals surface area (Å²) >= 11 is 4.55. The van der Waals surface area contributed by atoms with Crippen molar-refractivity contribution in [3.05, 3.63) is 0 Å². The van der Waals surface area contributed by atoms with Crippen LogP contribution in [-0.2, 0) is 4.74 Å². The Morgan fingerprint density at radius 1 is 1.64 bits per heavy atom. The van der Waals surface area contributed by atoms with Crippen LogP contribution in [0.15, 0.2) is 4.99 Å². The average Bonchev–Trinajstić information content (AvgIpc) is 1.85. The van der Waals surface area contributed by atoms with Gasteiger partial charge in [0.1, 0.15) is 0 Å². The van der Waals surface area contributed by atoms with Crippen molar-refractivity contribution in [3.63, 3.8) is 0 Å². The maximum Gasteiger partial charge on any atom is 0.0651 e. The molecule has 0 aromatic heterocycles. The Kier molecular flexibility index (Phi) is 2.77. The van der Waals surface area contributed by atoms with Crippen molar-refractivity contribution >= 4 is 17.4 Å². The van der Waals surface area contributed by atoms with E-state index in [1.54, 1.807) is 0 Å². The van der Waals surface area contributed by atoms with Gasteiger partial charge in [0.05, 0.1) is 16.8 Å². The summed E-state index contributed by atoms with van der Waals surface area (Å²) in [6.45, 7) is 4.95. The highest BCUT2D eigenvalue weighted by Crippen LogP contribution is 2.25. The highest BCUT2D eigenvalue weighted by molar-refractivity contribution is 7.78. The zero-order chi connectivity index (χ0) is 8.32. The van der Waals surface area contributed by atoms with Crippen LogP contribution in [-0.4, -0.2) is 23.4 Å². The molecule has 0 N–H and O–H groups in total. The Balaban J connectivity index is 2.52. The number of hydrogen-bond donors (Lipinski definition) is 0. The quantitative estimate of drug-likeness (QED) is 0.445. The normalized spacial score (nSPS) is 29.1. The van der Waals surface area contributed by atoms with E-state index in [1.165, 1.54) is 0 Å². The van der Waals surface area contributed by atoms with Crippen molar-refractivity contribution < 1.29 is 4.74 Å². The lowest BCUT2D eigenvalue weighted by molar-refractivity contribution is -0.0574. The molecule has 0 aromatic rings. The molecule has 1 heterocycles. The molecule has 3 heteroatoms. The molecule has 0 radical (unpaired) electrons. The van der Waals surface area contributed by atoms with Crippen LogP contribution in [0.25, 0.3) is 0 Å². The van der Waals surface area contributed by atoms with E-state index in [-0.39, 0.29) is 5.60 Å². The molecule has 0 amide bonds. The number of isothiocyanates is 1. The number of hydrogen-bond acceptors (Lipinski definition) is 3.